The maximum Gasteiger partial charge on any atom is 0.251 e. The number of hydrogen-bond acceptors (Lipinski definition) is 3. The summed E-state index contributed by atoms with van der Waals surface area (Å²) in [5, 5.41) is 2.99. The van der Waals surface area contributed by atoms with E-state index >= 15 is 0 Å². The number of hydrogen-bond donors (Lipinski definition) is 2. The number of methoxy groups -OCH3 is 1. The number of H-pyrrole nitrogens is 1. The van der Waals surface area contributed by atoms with E-state index in [-0.39, 0.29) is 17.5 Å². The Labute approximate surface area is 112 Å². The fourth-order valence-corrected chi connectivity index (χ4v) is 2.53. The first-order valence-corrected chi connectivity index (χ1v) is 6.63. The third kappa shape index (κ3) is 3.67. The van der Waals surface area contributed by atoms with Crippen molar-refractivity contribution in [2.45, 2.75) is 44.8 Å². The van der Waals surface area contributed by atoms with E-state index in [0.717, 1.165) is 25.7 Å². The van der Waals surface area contributed by atoms with Gasteiger partial charge in [0.25, 0.3) is 5.91 Å². The van der Waals surface area contributed by atoms with Gasteiger partial charge in [-0.1, -0.05) is 0 Å². The van der Waals surface area contributed by atoms with E-state index in [4.69, 9.17) is 4.74 Å². The molecule has 1 aliphatic rings. The summed E-state index contributed by atoms with van der Waals surface area (Å²) >= 11 is 0. The molecule has 0 radical (unpaired) electrons. The third-order valence-corrected chi connectivity index (χ3v) is 3.58. The van der Waals surface area contributed by atoms with Gasteiger partial charge in [0, 0.05) is 30.5 Å². The van der Waals surface area contributed by atoms with Gasteiger partial charge in [0.1, 0.15) is 0 Å². The van der Waals surface area contributed by atoms with Gasteiger partial charge in [0.05, 0.1) is 6.10 Å². The summed E-state index contributed by atoms with van der Waals surface area (Å²) < 4.78 is 5.30. The highest BCUT2D eigenvalue weighted by molar-refractivity contribution is 5.94. The van der Waals surface area contributed by atoms with E-state index in [9.17, 15) is 9.59 Å². The monoisotopic (exact) mass is 264 g/mol. The number of pyridine rings is 1. The van der Waals surface area contributed by atoms with Gasteiger partial charge in [-0.25, -0.2) is 0 Å². The molecular formula is C14H20N2O3. The molecule has 1 saturated carbocycles. The predicted octanol–water partition coefficient (Wildman–Crippen LogP) is 1.37. The molecule has 5 nitrogen and oxygen atoms in total. The molecule has 1 aliphatic carbocycles. The molecule has 5 heteroatoms. The van der Waals surface area contributed by atoms with Crippen molar-refractivity contribution in [1.29, 1.82) is 0 Å². The zero-order chi connectivity index (χ0) is 13.8. The first kappa shape index (κ1) is 13.8. The van der Waals surface area contributed by atoms with Crippen LogP contribution in [0.4, 0.5) is 0 Å². The minimum Gasteiger partial charge on any atom is -0.381 e. The Balaban J connectivity index is 1.96. The molecule has 0 atom stereocenters. The number of aryl methyl sites for hydroxylation is 1. The molecule has 19 heavy (non-hydrogen) atoms. The van der Waals surface area contributed by atoms with Gasteiger partial charge in [-0.15, -0.1) is 0 Å². The molecule has 2 N–H and O–H groups in total. The highest BCUT2D eigenvalue weighted by Crippen LogP contribution is 2.20. The van der Waals surface area contributed by atoms with Crippen molar-refractivity contribution in [2.24, 2.45) is 0 Å². The number of ether oxygens (including phenoxy) is 1. The molecule has 0 bridgehead atoms. The zero-order valence-corrected chi connectivity index (χ0v) is 11.4. The van der Waals surface area contributed by atoms with Gasteiger partial charge in [-0.2, -0.15) is 0 Å². The van der Waals surface area contributed by atoms with Crippen molar-refractivity contribution < 1.29 is 9.53 Å². The molecule has 1 amide bonds. The van der Waals surface area contributed by atoms with E-state index in [1.807, 2.05) is 0 Å². The molecule has 0 spiro atoms. The Bertz CT molecular complexity index is 502. The average molecular weight is 264 g/mol. The minimum absolute atomic E-state index is 0.171. The second-order valence-electron chi connectivity index (χ2n) is 5.10. The van der Waals surface area contributed by atoms with Gasteiger partial charge in [-0.3, -0.25) is 9.59 Å². The van der Waals surface area contributed by atoms with Crippen LogP contribution in [0.2, 0.25) is 0 Å². The lowest BCUT2D eigenvalue weighted by Crippen LogP contribution is -2.39. The predicted molar refractivity (Wildman–Crippen MR) is 72.3 cm³/mol. The lowest BCUT2D eigenvalue weighted by Gasteiger charge is -2.28. The van der Waals surface area contributed by atoms with Crippen molar-refractivity contribution in [3.05, 3.63) is 33.7 Å². The summed E-state index contributed by atoms with van der Waals surface area (Å²) in [6, 6.07) is 3.21. The lowest BCUT2D eigenvalue weighted by molar-refractivity contribution is 0.0599. The normalized spacial score (nSPS) is 23.1. The van der Waals surface area contributed by atoms with Gasteiger partial charge in [0.2, 0.25) is 5.56 Å². The standard InChI is InChI=1S/C14H20N2O3/c1-9-7-10(8-13(17)15-9)14(18)16-11-3-5-12(19-2)6-4-11/h7-8,11-12H,3-6H2,1-2H3,(H,15,17)(H,16,18). The van der Waals surface area contributed by atoms with Crippen molar-refractivity contribution >= 4 is 5.91 Å². The Morgan fingerprint density at radius 3 is 2.58 bits per heavy atom. The molecule has 1 heterocycles. The molecule has 1 aromatic heterocycles. The van der Waals surface area contributed by atoms with Crippen molar-refractivity contribution in [3.8, 4) is 0 Å². The van der Waals surface area contributed by atoms with Crippen LogP contribution in [0.1, 0.15) is 41.7 Å². The van der Waals surface area contributed by atoms with E-state index in [2.05, 4.69) is 10.3 Å². The summed E-state index contributed by atoms with van der Waals surface area (Å²) in [6.07, 6.45) is 4.10. The average Bonchev–Trinajstić information content (AvgIpc) is 2.38. The number of carbonyl (C=O) groups is 1. The first-order chi connectivity index (χ1) is 9.08. The highest BCUT2D eigenvalue weighted by atomic mass is 16.5. The Kier molecular flexibility index (Phi) is 4.37. The number of nitrogens with one attached hydrogen (secondary N) is 2. The molecule has 104 valence electrons. The minimum atomic E-state index is -0.242. The molecule has 0 saturated heterocycles. The molecule has 1 aromatic rings. The summed E-state index contributed by atoms with van der Waals surface area (Å²) in [7, 11) is 1.72. The van der Waals surface area contributed by atoms with Crippen LogP contribution >= 0.6 is 0 Å². The fourth-order valence-electron chi connectivity index (χ4n) is 2.53. The number of aromatic nitrogens is 1. The van der Waals surface area contributed by atoms with Gasteiger partial charge < -0.3 is 15.0 Å². The van der Waals surface area contributed by atoms with Crippen LogP contribution < -0.4 is 10.9 Å². The fraction of sp³-hybridized carbons (Fsp3) is 0.571. The van der Waals surface area contributed by atoms with E-state index < -0.39 is 0 Å². The quantitative estimate of drug-likeness (QED) is 0.866. The number of amides is 1. The summed E-state index contributed by atoms with van der Waals surface area (Å²) in [5.41, 5.74) is 0.879. The Hall–Kier alpha value is -1.62. The van der Waals surface area contributed by atoms with Crippen LogP contribution in [0.5, 0.6) is 0 Å². The number of rotatable bonds is 3. The third-order valence-electron chi connectivity index (χ3n) is 3.58. The molecule has 2 rings (SSSR count). The maximum atomic E-state index is 12.1. The van der Waals surface area contributed by atoms with Crippen molar-refractivity contribution in [2.75, 3.05) is 7.11 Å². The van der Waals surface area contributed by atoms with Crippen molar-refractivity contribution in [3.63, 3.8) is 0 Å². The van der Waals surface area contributed by atoms with E-state index in [0.29, 0.717) is 17.4 Å². The first-order valence-electron chi connectivity index (χ1n) is 6.63. The molecular weight excluding hydrogens is 244 g/mol. The SMILES string of the molecule is COC1CCC(NC(=O)c2cc(C)[nH]c(=O)c2)CC1. The number of aromatic amines is 1. The van der Waals surface area contributed by atoms with Crippen LogP contribution in [0.3, 0.4) is 0 Å². The van der Waals surface area contributed by atoms with E-state index in [1.165, 1.54) is 6.07 Å². The largest absolute Gasteiger partial charge is 0.381 e. The van der Waals surface area contributed by atoms with Gasteiger partial charge in [-0.05, 0) is 38.7 Å². The second-order valence-corrected chi connectivity index (χ2v) is 5.10. The summed E-state index contributed by atoms with van der Waals surface area (Å²) in [6.45, 7) is 1.77. The maximum absolute atomic E-state index is 12.1. The van der Waals surface area contributed by atoms with Crippen LogP contribution in [-0.2, 0) is 4.74 Å². The Morgan fingerprint density at radius 1 is 1.32 bits per heavy atom. The topological polar surface area (TPSA) is 71.2 Å². The smallest absolute Gasteiger partial charge is 0.251 e. The summed E-state index contributed by atoms with van der Waals surface area (Å²) in [5.74, 6) is -0.171. The van der Waals surface area contributed by atoms with E-state index in [1.54, 1.807) is 20.1 Å². The second kappa shape index (κ2) is 6.02. The molecule has 1 fully saturated rings. The Morgan fingerprint density at radius 2 is 2.00 bits per heavy atom. The zero-order valence-electron chi connectivity index (χ0n) is 11.4. The van der Waals surface area contributed by atoms with Crippen molar-refractivity contribution in [1.82, 2.24) is 10.3 Å². The highest BCUT2D eigenvalue weighted by Gasteiger charge is 2.22. The lowest BCUT2D eigenvalue weighted by atomic mass is 9.93. The van der Waals surface area contributed by atoms with Gasteiger partial charge >= 0.3 is 0 Å². The summed E-state index contributed by atoms with van der Waals surface area (Å²) in [4.78, 5) is 26.0. The van der Waals surface area contributed by atoms with Gasteiger partial charge in [0.15, 0.2) is 0 Å². The molecule has 0 aromatic carbocycles. The molecule has 0 aliphatic heterocycles. The van der Waals surface area contributed by atoms with Crippen LogP contribution in [0.15, 0.2) is 16.9 Å². The van der Waals surface area contributed by atoms with Crippen LogP contribution in [0.25, 0.3) is 0 Å². The van der Waals surface area contributed by atoms with Crippen LogP contribution in [-0.4, -0.2) is 30.1 Å². The molecule has 0 unspecified atom stereocenters. The van der Waals surface area contributed by atoms with Crippen LogP contribution in [0, 0.1) is 6.92 Å². The number of carbonyl (C=O) groups excluding carboxylic acids is 1.